The number of anilines is 1. The Morgan fingerprint density at radius 1 is 1.07 bits per heavy atom. The van der Waals surface area contributed by atoms with Crippen molar-refractivity contribution in [1.29, 1.82) is 0 Å². The van der Waals surface area contributed by atoms with Gasteiger partial charge in [-0.05, 0) is 43.2 Å². The Balaban J connectivity index is 1.32. The van der Waals surface area contributed by atoms with Gasteiger partial charge in [0.2, 0.25) is 0 Å². The second-order valence-corrected chi connectivity index (χ2v) is 8.36. The SMILES string of the molecule is Cc1cc(C)c2nc(N3CCN(C(=O)c4cc5ccccc5o4)CC3)sc2c1. The number of furan rings is 1. The molecule has 1 aliphatic heterocycles. The van der Waals surface area contributed by atoms with Crippen molar-refractivity contribution < 1.29 is 9.21 Å². The lowest BCUT2D eigenvalue weighted by Crippen LogP contribution is -2.48. The summed E-state index contributed by atoms with van der Waals surface area (Å²) in [6, 6.07) is 13.9. The monoisotopic (exact) mass is 391 g/mol. The smallest absolute Gasteiger partial charge is 0.289 e. The number of thiazole rings is 1. The molecule has 1 fully saturated rings. The summed E-state index contributed by atoms with van der Waals surface area (Å²) in [6.07, 6.45) is 0. The molecule has 6 heteroatoms. The van der Waals surface area contributed by atoms with Crippen LogP contribution in [0.3, 0.4) is 0 Å². The molecule has 1 saturated heterocycles. The van der Waals surface area contributed by atoms with Crippen molar-refractivity contribution in [2.45, 2.75) is 13.8 Å². The minimum atomic E-state index is -0.0355. The molecule has 4 aromatic rings. The number of fused-ring (bicyclic) bond motifs is 2. The van der Waals surface area contributed by atoms with Gasteiger partial charge in [0.25, 0.3) is 5.91 Å². The molecular weight excluding hydrogens is 370 g/mol. The second kappa shape index (κ2) is 6.63. The number of carbonyl (C=O) groups is 1. The third-order valence-corrected chi connectivity index (χ3v) is 6.36. The number of hydrogen-bond acceptors (Lipinski definition) is 5. The van der Waals surface area contributed by atoms with Crippen LogP contribution < -0.4 is 4.90 Å². The molecule has 0 bridgehead atoms. The quantitative estimate of drug-likeness (QED) is 0.500. The molecule has 2 aromatic carbocycles. The summed E-state index contributed by atoms with van der Waals surface area (Å²) >= 11 is 1.73. The largest absolute Gasteiger partial charge is 0.451 e. The highest BCUT2D eigenvalue weighted by Gasteiger charge is 2.26. The molecule has 5 nitrogen and oxygen atoms in total. The van der Waals surface area contributed by atoms with E-state index in [1.807, 2.05) is 35.2 Å². The fourth-order valence-corrected chi connectivity index (χ4v) is 5.03. The number of amides is 1. The van der Waals surface area contributed by atoms with Crippen LogP contribution in [0.2, 0.25) is 0 Å². The van der Waals surface area contributed by atoms with Gasteiger partial charge in [-0.15, -0.1) is 0 Å². The summed E-state index contributed by atoms with van der Waals surface area (Å²) in [6.45, 7) is 7.14. The predicted molar refractivity (Wildman–Crippen MR) is 113 cm³/mol. The molecule has 0 radical (unpaired) electrons. The summed E-state index contributed by atoms with van der Waals surface area (Å²) < 4.78 is 6.97. The van der Waals surface area contributed by atoms with Gasteiger partial charge in [-0.25, -0.2) is 4.98 Å². The third-order valence-electron chi connectivity index (χ3n) is 5.29. The zero-order valence-electron chi connectivity index (χ0n) is 15.9. The molecule has 142 valence electrons. The van der Waals surface area contributed by atoms with E-state index in [9.17, 15) is 4.79 Å². The van der Waals surface area contributed by atoms with E-state index in [1.54, 1.807) is 11.3 Å². The molecule has 0 spiro atoms. The Bertz CT molecular complexity index is 1150. The van der Waals surface area contributed by atoms with E-state index < -0.39 is 0 Å². The maximum atomic E-state index is 12.8. The molecule has 2 aromatic heterocycles. The number of nitrogens with zero attached hydrogens (tertiary/aromatic N) is 3. The number of aryl methyl sites for hydroxylation is 2. The standard InChI is InChI=1S/C22H21N3O2S/c1-14-11-15(2)20-19(12-14)28-22(23-20)25-9-7-24(8-10-25)21(26)18-13-16-5-3-4-6-17(16)27-18/h3-6,11-13H,7-10H2,1-2H3. The summed E-state index contributed by atoms with van der Waals surface area (Å²) in [7, 11) is 0. The van der Waals surface area contributed by atoms with Crippen molar-refractivity contribution in [3.63, 3.8) is 0 Å². The number of benzene rings is 2. The number of aromatic nitrogens is 1. The van der Waals surface area contributed by atoms with Gasteiger partial charge in [0.15, 0.2) is 10.9 Å². The van der Waals surface area contributed by atoms with E-state index in [0.29, 0.717) is 18.8 Å². The maximum absolute atomic E-state index is 12.8. The average Bonchev–Trinajstić information content (AvgIpc) is 3.32. The first-order valence-corrected chi connectivity index (χ1v) is 10.3. The van der Waals surface area contributed by atoms with E-state index in [2.05, 4.69) is 30.9 Å². The molecule has 0 aliphatic carbocycles. The van der Waals surface area contributed by atoms with Crippen LogP contribution in [0, 0.1) is 13.8 Å². The lowest BCUT2D eigenvalue weighted by molar-refractivity contribution is 0.0717. The van der Waals surface area contributed by atoms with Crippen LogP contribution in [0.25, 0.3) is 21.2 Å². The number of hydrogen-bond donors (Lipinski definition) is 0. The normalized spacial score (nSPS) is 14.9. The zero-order chi connectivity index (χ0) is 19.3. The Labute approximate surface area is 167 Å². The average molecular weight is 391 g/mol. The van der Waals surface area contributed by atoms with Crippen LogP contribution in [-0.4, -0.2) is 42.0 Å². The fraction of sp³-hybridized carbons (Fsp3) is 0.273. The lowest BCUT2D eigenvalue weighted by atomic mass is 10.1. The molecule has 1 aliphatic rings. The molecule has 0 unspecified atom stereocenters. The molecule has 1 amide bonds. The first-order valence-electron chi connectivity index (χ1n) is 9.49. The van der Waals surface area contributed by atoms with Gasteiger partial charge in [0, 0.05) is 31.6 Å². The minimum absolute atomic E-state index is 0.0355. The lowest BCUT2D eigenvalue weighted by Gasteiger charge is -2.34. The van der Waals surface area contributed by atoms with Crippen molar-refractivity contribution in [2.75, 3.05) is 31.1 Å². The van der Waals surface area contributed by atoms with Crippen LogP contribution in [0.15, 0.2) is 46.9 Å². The van der Waals surface area contributed by atoms with Crippen LogP contribution in [-0.2, 0) is 0 Å². The van der Waals surface area contributed by atoms with Gasteiger partial charge in [-0.3, -0.25) is 4.79 Å². The number of piperazine rings is 1. The van der Waals surface area contributed by atoms with E-state index >= 15 is 0 Å². The van der Waals surface area contributed by atoms with Gasteiger partial charge in [0.05, 0.1) is 10.2 Å². The second-order valence-electron chi connectivity index (χ2n) is 7.35. The topological polar surface area (TPSA) is 49.6 Å². The molecule has 5 rings (SSSR count). The van der Waals surface area contributed by atoms with E-state index in [0.717, 1.165) is 34.7 Å². The minimum Gasteiger partial charge on any atom is -0.451 e. The van der Waals surface area contributed by atoms with E-state index in [4.69, 9.17) is 9.40 Å². The van der Waals surface area contributed by atoms with Gasteiger partial charge in [-0.1, -0.05) is 35.6 Å². The first-order chi connectivity index (χ1) is 13.6. The summed E-state index contributed by atoms with van der Waals surface area (Å²) in [5.41, 5.74) is 4.33. The molecule has 28 heavy (non-hydrogen) atoms. The highest BCUT2D eigenvalue weighted by molar-refractivity contribution is 7.22. The summed E-state index contributed by atoms with van der Waals surface area (Å²) in [4.78, 5) is 21.8. The molecular formula is C22H21N3O2S. The highest BCUT2D eigenvalue weighted by Crippen LogP contribution is 2.32. The van der Waals surface area contributed by atoms with Crippen molar-refractivity contribution in [2.24, 2.45) is 0 Å². The van der Waals surface area contributed by atoms with Gasteiger partial charge < -0.3 is 14.2 Å². The van der Waals surface area contributed by atoms with Gasteiger partial charge in [0.1, 0.15) is 5.58 Å². The Hall–Kier alpha value is -2.86. The Morgan fingerprint density at radius 3 is 2.64 bits per heavy atom. The predicted octanol–water partition coefficient (Wildman–Crippen LogP) is 4.62. The van der Waals surface area contributed by atoms with E-state index in [1.165, 1.54) is 15.8 Å². The van der Waals surface area contributed by atoms with Crippen LogP contribution in [0.5, 0.6) is 0 Å². The molecule has 0 saturated carbocycles. The molecule has 0 atom stereocenters. The van der Waals surface area contributed by atoms with Gasteiger partial charge in [-0.2, -0.15) is 0 Å². The number of rotatable bonds is 2. The number of para-hydroxylation sites is 1. The highest BCUT2D eigenvalue weighted by atomic mass is 32.1. The van der Waals surface area contributed by atoms with Crippen molar-refractivity contribution >= 4 is 43.6 Å². The maximum Gasteiger partial charge on any atom is 0.289 e. The molecule has 3 heterocycles. The van der Waals surface area contributed by atoms with Crippen LogP contribution >= 0.6 is 11.3 Å². The van der Waals surface area contributed by atoms with Crippen molar-refractivity contribution in [1.82, 2.24) is 9.88 Å². The van der Waals surface area contributed by atoms with Crippen molar-refractivity contribution in [3.8, 4) is 0 Å². The Kier molecular flexibility index (Phi) is 4.09. The van der Waals surface area contributed by atoms with Gasteiger partial charge >= 0.3 is 0 Å². The van der Waals surface area contributed by atoms with E-state index in [-0.39, 0.29) is 5.91 Å². The summed E-state index contributed by atoms with van der Waals surface area (Å²) in [5, 5.41) is 2.00. The van der Waals surface area contributed by atoms with Crippen LogP contribution in [0.1, 0.15) is 21.7 Å². The fourth-order valence-electron chi connectivity index (χ4n) is 3.84. The zero-order valence-corrected chi connectivity index (χ0v) is 16.8. The Morgan fingerprint density at radius 2 is 1.86 bits per heavy atom. The summed E-state index contributed by atoms with van der Waals surface area (Å²) in [5.74, 6) is 0.382. The number of carbonyl (C=O) groups excluding carboxylic acids is 1. The first kappa shape index (κ1) is 17.3. The van der Waals surface area contributed by atoms with Crippen molar-refractivity contribution in [3.05, 3.63) is 59.4 Å². The third kappa shape index (κ3) is 2.94. The molecule has 0 N–H and O–H groups in total. The van der Waals surface area contributed by atoms with Crippen LogP contribution in [0.4, 0.5) is 5.13 Å².